The van der Waals surface area contributed by atoms with E-state index in [0.717, 1.165) is 5.56 Å². The van der Waals surface area contributed by atoms with Gasteiger partial charge in [0.2, 0.25) is 0 Å². The van der Waals surface area contributed by atoms with Gasteiger partial charge in [0, 0.05) is 23.6 Å². The van der Waals surface area contributed by atoms with Gasteiger partial charge in [-0.1, -0.05) is 31.8 Å². The fourth-order valence-electron chi connectivity index (χ4n) is 1.42. The van der Waals surface area contributed by atoms with Crippen molar-refractivity contribution in [1.82, 2.24) is 5.32 Å². The van der Waals surface area contributed by atoms with E-state index in [0.29, 0.717) is 17.9 Å². The summed E-state index contributed by atoms with van der Waals surface area (Å²) in [6.07, 6.45) is 0.445. The third-order valence-electron chi connectivity index (χ3n) is 2.95. The van der Waals surface area contributed by atoms with Crippen molar-refractivity contribution in [3.8, 4) is 11.8 Å². The summed E-state index contributed by atoms with van der Waals surface area (Å²) in [5, 5.41) is 11.6. The van der Waals surface area contributed by atoms with Gasteiger partial charge in [0.15, 0.2) is 0 Å². The molecule has 0 bridgehead atoms. The molecular formula is C16H21NO2. The van der Waals surface area contributed by atoms with Crippen LogP contribution in [0.15, 0.2) is 24.3 Å². The number of carbonyl (C=O) groups is 1. The first kappa shape index (κ1) is 15.3. The van der Waals surface area contributed by atoms with Gasteiger partial charge < -0.3 is 10.4 Å². The van der Waals surface area contributed by atoms with E-state index in [1.165, 1.54) is 0 Å². The second-order valence-electron chi connectivity index (χ2n) is 4.86. The Morgan fingerprint density at radius 1 is 1.37 bits per heavy atom. The molecule has 2 N–H and O–H groups in total. The molecule has 3 nitrogen and oxygen atoms in total. The van der Waals surface area contributed by atoms with Crippen molar-refractivity contribution in [1.29, 1.82) is 0 Å². The summed E-state index contributed by atoms with van der Waals surface area (Å²) in [6, 6.07) is 7.36. The molecule has 1 amide bonds. The molecule has 1 aromatic carbocycles. The van der Waals surface area contributed by atoms with E-state index in [-0.39, 0.29) is 18.6 Å². The molecule has 0 heterocycles. The smallest absolute Gasteiger partial charge is 0.251 e. The minimum atomic E-state index is -0.0768. The Hall–Kier alpha value is -1.79. The number of rotatable bonds is 4. The van der Waals surface area contributed by atoms with E-state index in [1.807, 2.05) is 19.1 Å². The van der Waals surface area contributed by atoms with Gasteiger partial charge in [-0.2, -0.15) is 0 Å². The summed E-state index contributed by atoms with van der Waals surface area (Å²) < 4.78 is 0. The molecule has 0 saturated heterocycles. The molecule has 1 rings (SSSR count). The summed E-state index contributed by atoms with van der Waals surface area (Å²) in [5.41, 5.74) is 1.40. The predicted octanol–water partition coefficient (Wildman–Crippen LogP) is 2.19. The molecule has 3 heteroatoms. The highest BCUT2D eigenvalue weighted by Crippen LogP contribution is 2.06. The number of carbonyl (C=O) groups excluding carboxylic acids is 1. The summed E-state index contributed by atoms with van der Waals surface area (Å²) in [4.78, 5) is 12.0. The van der Waals surface area contributed by atoms with Crippen LogP contribution in [0, 0.1) is 17.8 Å². The lowest BCUT2D eigenvalue weighted by atomic mass is 10.1. The van der Waals surface area contributed by atoms with Gasteiger partial charge in [-0.3, -0.25) is 4.79 Å². The van der Waals surface area contributed by atoms with Gasteiger partial charge in [-0.15, -0.1) is 0 Å². The molecule has 0 spiro atoms. The average Bonchev–Trinajstić information content (AvgIpc) is 2.39. The summed E-state index contributed by atoms with van der Waals surface area (Å²) in [5.74, 6) is 6.09. The van der Waals surface area contributed by atoms with Crippen LogP contribution in [-0.2, 0) is 0 Å². The van der Waals surface area contributed by atoms with E-state index < -0.39 is 0 Å². The van der Waals surface area contributed by atoms with E-state index >= 15 is 0 Å². The highest BCUT2D eigenvalue weighted by Gasteiger charge is 2.12. The maximum atomic E-state index is 12.0. The van der Waals surface area contributed by atoms with Crippen LogP contribution in [-0.4, -0.2) is 23.7 Å². The first-order valence-electron chi connectivity index (χ1n) is 6.55. The van der Waals surface area contributed by atoms with Crippen molar-refractivity contribution in [2.45, 2.75) is 33.2 Å². The van der Waals surface area contributed by atoms with Crippen LogP contribution in [0.4, 0.5) is 0 Å². The Kier molecular flexibility index (Phi) is 6.11. The topological polar surface area (TPSA) is 49.3 Å². The molecule has 0 aliphatic rings. The third-order valence-corrected chi connectivity index (χ3v) is 2.95. The van der Waals surface area contributed by atoms with Gasteiger partial charge in [-0.05, 0) is 31.0 Å². The van der Waals surface area contributed by atoms with Crippen LogP contribution in [0.5, 0.6) is 0 Å². The number of aliphatic hydroxyl groups is 1. The van der Waals surface area contributed by atoms with Crippen molar-refractivity contribution in [3.05, 3.63) is 35.4 Å². The Morgan fingerprint density at radius 3 is 2.74 bits per heavy atom. The number of hydrogen-bond acceptors (Lipinski definition) is 2. The Balaban J connectivity index is 2.76. The van der Waals surface area contributed by atoms with Crippen molar-refractivity contribution in [2.24, 2.45) is 5.92 Å². The SMILES string of the molecule is CC(C)C(C)NC(=O)c1cccc(C#CCCO)c1. The molecule has 1 unspecified atom stereocenters. The van der Waals surface area contributed by atoms with E-state index in [4.69, 9.17) is 5.11 Å². The minimum absolute atomic E-state index is 0.0546. The molecular weight excluding hydrogens is 238 g/mol. The number of aliphatic hydroxyl groups excluding tert-OH is 1. The Morgan fingerprint density at radius 2 is 2.11 bits per heavy atom. The van der Waals surface area contributed by atoms with Crippen LogP contribution >= 0.6 is 0 Å². The maximum Gasteiger partial charge on any atom is 0.251 e. The van der Waals surface area contributed by atoms with Gasteiger partial charge in [0.05, 0.1) is 6.61 Å². The lowest BCUT2D eigenvalue weighted by Crippen LogP contribution is -2.36. The van der Waals surface area contributed by atoms with E-state index in [2.05, 4.69) is 31.0 Å². The zero-order chi connectivity index (χ0) is 14.3. The Labute approximate surface area is 115 Å². The van der Waals surface area contributed by atoms with Crippen LogP contribution in [0.2, 0.25) is 0 Å². The second kappa shape index (κ2) is 7.60. The third kappa shape index (κ3) is 5.15. The largest absolute Gasteiger partial charge is 0.395 e. The van der Waals surface area contributed by atoms with Crippen LogP contribution < -0.4 is 5.32 Å². The maximum absolute atomic E-state index is 12.0. The molecule has 0 aliphatic heterocycles. The van der Waals surface area contributed by atoms with Gasteiger partial charge in [0.25, 0.3) is 5.91 Å². The quantitative estimate of drug-likeness (QED) is 0.814. The van der Waals surface area contributed by atoms with Gasteiger partial charge >= 0.3 is 0 Å². The average molecular weight is 259 g/mol. The zero-order valence-electron chi connectivity index (χ0n) is 11.7. The molecule has 0 radical (unpaired) electrons. The zero-order valence-corrected chi connectivity index (χ0v) is 11.7. The molecule has 19 heavy (non-hydrogen) atoms. The normalized spacial score (nSPS) is 11.6. The molecule has 0 aromatic heterocycles. The van der Waals surface area contributed by atoms with Crippen LogP contribution in [0.3, 0.4) is 0 Å². The fraction of sp³-hybridized carbons (Fsp3) is 0.438. The molecule has 0 aliphatic carbocycles. The van der Waals surface area contributed by atoms with Gasteiger partial charge in [-0.25, -0.2) is 0 Å². The minimum Gasteiger partial charge on any atom is -0.395 e. The lowest BCUT2D eigenvalue weighted by Gasteiger charge is -2.17. The Bertz CT molecular complexity index is 483. The molecule has 102 valence electrons. The van der Waals surface area contributed by atoms with Crippen molar-refractivity contribution < 1.29 is 9.90 Å². The molecule has 1 aromatic rings. The monoisotopic (exact) mass is 259 g/mol. The summed E-state index contributed by atoms with van der Waals surface area (Å²) >= 11 is 0. The first-order chi connectivity index (χ1) is 9.04. The number of nitrogens with one attached hydrogen (secondary N) is 1. The number of amides is 1. The van der Waals surface area contributed by atoms with Crippen molar-refractivity contribution in [2.75, 3.05) is 6.61 Å². The highest BCUT2D eigenvalue weighted by molar-refractivity contribution is 5.94. The van der Waals surface area contributed by atoms with Crippen molar-refractivity contribution >= 4 is 5.91 Å². The molecule has 1 atom stereocenters. The number of hydrogen-bond donors (Lipinski definition) is 2. The van der Waals surface area contributed by atoms with Crippen LogP contribution in [0.1, 0.15) is 43.1 Å². The summed E-state index contributed by atoms with van der Waals surface area (Å²) in [7, 11) is 0. The van der Waals surface area contributed by atoms with E-state index in [9.17, 15) is 4.79 Å². The molecule has 0 saturated carbocycles. The molecule has 0 fully saturated rings. The van der Waals surface area contributed by atoms with Crippen LogP contribution in [0.25, 0.3) is 0 Å². The lowest BCUT2D eigenvalue weighted by molar-refractivity contribution is 0.0930. The first-order valence-corrected chi connectivity index (χ1v) is 6.55. The predicted molar refractivity (Wildman–Crippen MR) is 76.8 cm³/mol. The standard InChI is InChI=1S/C16H21NO2/c1-12(2)13(3)17-16(19)15-9-6-8-14(11-15)7-4-5-10-18/h6,8-9,11-13,18H,5,10H2,1-3H3,(H,17,19). The highest BCUT2D eigenvalue weighted by atomic mass is 16.2. The summed E-state index contributed by atoms with van der Waals surface area (Å²) in [6.45, 7) is 6.19. The van der Waals surface area contributed by atoms with Gasteiger partial charge in [0.1, 0.15) is 0 Å². The van der Waals surface area contributed by atoms with Crippen molar-refractivity contribution in [3.63, 3.8) is 0 Å². The fourth-order valence-corrected chi connectivity index (χ4v) is 1.42. The number of benzene rings is 1. The van der Waals surface area contributed by atoms with E-state index in [1.54, 1.807) is 12.1 Å². The second-order valence-corrected chi connectivity index (χ2v) is 4.86.